The van der Waals surface area contributed by atoms with Gasteiger partial charge in [0.15, 0.2) is 0 Å². The van der Waals surface area contributed by atoms with Crippen molar-refractivity contribution < 1.29 is 9.90 Å². The molecule has 0 saturated heterocycles. The van der Waals surface area contributed by atoms with Crippen molar-refractivity contribution in [3.63, 3.8) is 0 Å². The fraction of sp³-hybridized carbons (Fsp3) is 0.714. The molecule has 1 aromatic heterocycles. The first kappa shape index (κ1) is 26.4. The van der Waals surface area contributed by atoms with Crippen LogP contribution in [0.4, 0.5) is 0 Å². The van der Waals surface area contributed by atoms with Gasteiger partial charge in [-0.1, -0.05) is 128 Å². The van der Waals surface area contributed by atoms with E-state index in [-0.39, 0.29) is 5.82 Å². The Bertz CT molecular complexity index is 753. The Hall–Kier alpha value is -1.84. The number of imidazole rings is 1. The van der Waals surface area contributed by atoms with Crippen molar-refractivity contribution in [1.29, 1.82) is 0 Å². The molecule has 0 aliphatic rings. The zero-order valence-electron chi connectivity index (χ0n) is 20.5. The quantitative estimate of drug-likeness (QED) is 0.208. The number of aromatic nitrogens is 2. The molecule has 0 spiro atoms. The molecule has 0 aliphatic heterocycles. The number of rotatable bonds is 20. The van der Waals surface area contributed by atoms with Gasteiger partial charge in [0, 0.05) is 6.54 Å². The molecule has 1 N–H and O–H groups in total. The fourth-order valence-electron chi connectivity index (χ4n) is 4.64. The second-order valence-corrected chi connectivity index (χ2v) is 9.39. The lowest BCUT2D eigenvalue weighted by atomic mass is 10.0. The highest BCUT2D eigenvalue weighted by molar-refractivity contribution is 5.89. The maximum absolute atomic E-state index is 11.5. The molecular formula is C28H46N2O2. The Labute approximate surface area is 195 Å². The Kier molecular flexibility index (Phi) is 13.8. The molecule has 1 heterocycles. The van der Waals surface area contributed by atoms with Crippen molar-refractivity contribution in [3.8, 4) is 0 Å². The average Bonchev–Trinajstić information content (AvgIpc) is 3.17. The molecule has 0 aliphatic carbocycles. The normalized spacial score (nSPS) is 11.4. The van der Waals surface area contributed by atoms with E-state index >= 15 is 0 Å². The van der Waals surface area contributed by atoms with Crippen LogP contribution in [0.1, 0.15) is 133 Å². The molecule has 2 aromatic rings. The van der Waals surface area contributed by atoms with E-state index in [0.717, 1.165) is 30.4 Å². The summed E-state index contributed by atoms with van der Waals surface area (Å²) in [5.41, 5.74) is 1.70. The number of carboxylic acid groups (broad SMARTS) is 1. The van der Waals surface area contributed by atoms with E-state index in [2.05, 4.69) is 11.9 Å². The molecule has 2 rings (SSSR count). The van der Waals surface area contributed by atoms with Crippen LogP contribution in [-0.2, 0) is 6.54 Å². The number of nitrogens with zero attached hydrogens (tertiary/aromatic N) is 2. The van der Waals surface area contributed by atoms with Crippen LogP contribution in [0.5, 0.6) is 0 Å². The minimum Gasteiger partial charge on any atom is -0.475 e. The number of fused-ring (bicyclic) bond motifs is 1. The molecule has 0 radical (unpaired) electrons. The van der Waals surface area contributed by atoms with Gasteiger partial charge in [-0.15, -0.1) is 0 Å². The maximum atomic E-state index is 11.5. The predicted octanol–water partition coefficient (Wildman–Crippen LogP) is 8.78. The van der Waals surface area contributed by atoms with E-state index < -0.39 is 5.97 Å². The maximum Gasteiger partial charge on any atom is 0.372 e. The molecule has 0 saturated carbocycles. The van der Waals surface area contributed by atoms with Crippen LogP contribution >= 0.6 is 0 Å². The molecule has 0 amide bonds. The fourth-order valence-corrected chi connectivity index (χ4v) is 4.64. The molecule has 0 bridgehead atoms. The van der Waals surface area contributed by atoms with Crippen molar-refractivity contribution >= 4 is 17.0 Å². The molecule has 1 aromatic carbocycles. The highest BCUT2D eigenvalue weighted by Crippen LogP contribution is 2.18. The summed E-state index contributed by atoms with van der Waals surface area (Å²) in [6.45, 7) is 3.02. The number of aromatic carboxylic acids is 1. The Morgan fingerprint density at radius 3 is 1.62 bits per heavy atom. The summed E-state index contributed by atoms with van der Waals surface area (Å²) in [7, 11) is 0. The van der Waals surface area contributed by atoms with Crippen LogP contribution in [0, 0.1) is 0 Å². The minimum atomic E-state index is -0.941. The lowest BCUT2D eigenvalue weighted by molar-refractivity contribution is 0.0678. The van der Waals surface area contributed by atoms with E-state index in [1.54, 1.807) is 0 Å². The number of hydrogen-bond acceptors (Lipinski definition) is 2. The topological polar surface area (TPSA) is 55.1 Å². The molecule has 0 unspecified atom stereocenters. The van der Waals surface area contributed by atoms with Gasteiger partial charge in [-0.2, -0.15) is 0 Å². The minimum absolute atomic E-state index is 0.165. The first-order chi connectivity index (χ1) is 15.7. The lowest BCUT2D eigenvalue weighted by Gasteiger charge is -2.07. The molecule has 180 valence electrons. The lowest BCUT2D eigenvalue weighted by Crippen LogP contribution is -2.10. The van der Waals surface area contributed by atoms with Gasteiger partial charge in [0.1, 0.15) is 0 Å². The number of carboxylic acids is 1. The number of unbranched alkanes of at least 4 members (excludes halogenated alkanes) is 17. The summed E-state index contributed by atoms with van der Waals surface area (Å²) in [6.07, 6.45) is 24.5. The predicted molar refractivity (Wildman–Crippen MR) is 135 cm³/mol. The Morgan fingerprint density at radius 1 is 0.719 bits per heavy atom. The van der Waals surface area contributed by atoms with Crippen molar-refractivity contribution in [1.82, 2.24) is 9.55 Å². The van der Waals surface area contributed by atoms with Crippen molar-refractivity contribution in [2.24, 2.45) is 0 Å². The van der Waals surface area contributed by atoms with E-state index in [0.29, 0.717) is 0 Å². The van der Waals surface area contributed by atoms with Gasteiger partial charge in [-0.3, -0.25) is 0 Å². The highest BCUT2D eigenvalue weighted by atomic mass is 16.4. The zero-order chi connectivity index (χ0) is 22.9. The summed E-state index contributed by atoms with van der Waals surface area (Å²) in [5, 5.41) is 9.43. The van der Waals surface area contributed by atoms with E-state index in [1.807, 2.05) is 28.8 Å². The van der Waals surface area contributed by atoms with Gasteiger partial charge in [0.2, 0.25) is 5.82 Å². The highest BCUT2D eigenvalue weighted by Gasteiger charge is 2.15. The van der Waals surface area contributed by atoms with Crippen LogP contribution in [-0.4, -0.2) is 20.6 Å². The second-order valence-electron chi connectivity index (χ2n) is 9.39. The van der Waals surface area contributed by atoms with Crippen LogP contribution in [0.15, 0.2) is 24.3 Å². The third kappa shape index (κ3) is 10.2. The third-order valence-corrected chi connectivity index (χ3v) is 6.58. The Balaban J connectivity index is 1.41. The monoisotopic (exact) mass is 442 g/mol. The van der Waals surface area contributed by atoms with Crippen LogP contribution < -0.4 is 0 Å². The van der Waals surface area contributed by atoms with Crippen molar-refractivity contribution in [2.45, 2.75) is 129 Å². The first-order valence-electron chi connectivity index (χ1n) is 13.4. The van der Waals surface area contributed by atoms with E-state index in [1.165, 1.54) is 103 Å². The number of aryl methyl sites for hydroxylation is 1. The zero-order valence-corrected chi connectivity index (χ0v) is 20.5. The summed E-state index contributed by atoms with van der Waals surface area (Å²) in [6, 6.07) is 7.70. The van der Waals surface area contributed by atoms with Crippen LogP contribution in [0.3, 0.4) is 0 Å². The van der Waals surface area contributed by atoms with Gasteiger partial charge in [0.25, 0.3) is 0 Å². The number of para-hydroxylation sites is 2. The molecule has 4 heteroatoms. The van der Waals surface area contributed by atoms with Crippen molar-refractivity contribution in [2.75, 3.05) is 0 Å². The summed E-state index contributed by atoms with van der Waals surface area (Å²) in [4.78, 5) is 15.8. The second kappa shape index (κ2) is 16.7. The SMILES string of the molecule is CCCCCCCCCCCCCCCCCCCCn1c(C(=O)O)nc2ccccc21. The van der Waals surface area contributed by atoms with Crippen LogP contribution in [0.25, 0.3) is 11.0 Å². The smallest absolute Gasteiger partial charge is 0.372 e. The standard InChI is InChI=1S/C28H46N2O2/c1-2-3-4-5-6-7-8-9-10-11-12-13-14-15-16-17-18-21-24-30-26-23-20-19-22-25(26)29-27(30)28(31)32/h19-20,22-23H,2-18,21,24H2,1H3,(H,31,32). The van der Waals surface area contributed by atoms with Crippen molar-refractivity contribution in [3.05, 3.63) is 30.1 Å². The number of benzene rings is 1. The number of carbonyl (C=O) groups is 1. The molecule has 0 atom stereocenters. The van der Waals surface area contributed by atoms with Crippen LogP contribution in [0.2, 0.25) is 0 Å². The Morgan fingerprint density at radius 2 is 1.16 bits per heavy atom. The third-order valence-electron chi connectivity index (χ3n) is 6.58. The van der Waals surface area contributed by atoms with Gasteiger partial charge in [0.05, 0.1) is 11.0 Å². The summed E-state index contributed by atoms with van der Waals surface area (Å²) in [5.74, 6) is -0.776. The summed E-state index contributed by atoms with van der Waals surface area (Å²) < 4.78 is 1.87. The van der Waals surface area contributed by atoms with Gasteiger partial charge in [-0.05, 0) is 18.6 Å². The van der Waals surface area contributed by atoms with Gasteiger partial charge in [-0.25, -0.2) is 9.78 Å². The van der Waals surface area contributed by atoms with E-state index in [4.69, 9.17) is 0 Å². The van der Waals surface area contributed by atoms with Gasteiger partial charge < -0.3 is 9.67 Å². The van der Waals surface area contributed by atoms with E-state index in [9.17, 15) is 9.90 Å². The largest absolute Gasteiger partial charge is 0.475 e. The first-order valence-corrected chi connectivity index (χ1v) is 13.4. The molecular weight excluding hydrogens is 396 g/mol. The van der Waals surface area contributed by atoms with Gasteiger partial charge >= 0.3 is 5.97 Å². The molecule has 0 fully saturated rings. The average molecular weight is 443 g/mol. The number of hydrogen-bond donors (Lipinski definition) is 1. The molecule has 4 nitrogen and oxygen atoms in total. The molecule has 32 heavy (non-hydrogen) atoms. The summed E-state index contributed by atoms with van der Waals surface area (Å²) >= 11 is 0.